The number of nitrogens with one attached hydrogen (secondary N) is 2. The van der Waals surface area contributed by atoms with Gasteiger partial charge in [-0.2, -0.15) is 0 Å². The predicted molar refractivity (Wildman–Crippen MR) is 64.1 cm³/mol. The van der Waals surface area contributed by atoms with Crippen molar-refractivity contribution in [2.75, 3.05) is 24.2 Å². The molecule has 5 N–H and O–H groups in total. The van der Waals surface area contributed by atoms with Crippen molar-refractivity contribution in [2.45, 2.75) is 6.10 Å². The first kappa shape index (κ1) is 13.6. The summed E-state index contributed by atoms with van der Waals surface area (Å²) in [5.74, 6) is -0.434. The zero-order chi connectivity index (χ0) is 13.7. The number of pyridine rings is 1. The van der Waals surface area contributed by atoms with Crippen LogP contribution in [-0.2, 0) is 4.79 Å². The Balaban J connectivity index is 2.85. The van der Waals surface area contributed by atoms with Crippen molar-refractivity contribution < 1.29 is 14.8 Å². The van der Waals surface area contributed by atoms with Crippen LogP contribution < -0.4 is 16.4 Å². The van der Waals surface area contributed by atoms with Crippen molar-refractivity contribution in [2.24, 2.45) is 5.73 Å². The molecule has 1 heterocycles. The molecule has 1 rings (SSSR count). The number of aliphatic hydroxyl groups excluding tert-OH is 1. The number of amides is 1. The van der Waals surface area contributed by atoms with Crippen molar-refractivity contribution >= 4 is 23.2 Å². The maximum atomic E-state index is 10.7. The van der Waals surface area contributed by atoms with E-state index in [4.69, 9.17) is 5.73 Å². The molecule has 1 atom stereocenters. The molecule has 0 aromatic carbocycles. The van der Waals surface area contributed by atoms with Gasteiger partial charge in [-0.3, -0.25) is 14.9 Å². The summed E-state index contributed by atoms with van der Waals surface area (Å²) < 4.78 is 0. The van der Waals surface area contributed by atoms with Crippen molar-refractivity contribution in [3.63, 3.8) is 0 Å². The zero-order valence-corrected chi connectivity index (χ0v) is 9.58. The lowest BCUT2D eigenvalue weighted by Crippen LogP contribution is -2.34. The summed E-state index contributed by atoms with van der Waals surface area (Å²) in [5, 5.41) is 25.1. The maximum absolute atomic E-state index is 10.7. The fourth-order valence-corrected chi connectivity index (χ4v) is 1.14. The molecule has 0 fully saturated rings. The average Bonchev–Trinajstić information content (AvgIpc) is 2.35. The molecule has 9 heteroatoms. The van der Waals surface area contributed by atoms with E-state index in [9.17, 15) is 20.0 Å². The first-order chi connectivity index (χ1) is 8.43. The Hall–Kier alpha value is -2.42. The molecule has 18 heavy (non-hydrogen) atoms. The lowest BCUT2D eigenvalue weighted by atomic mass is 10.3. The number of nitrogens with zero attached hydrogens (tertiary/aromatic N) is 2. The van der Waals surface area contributed by atoms with Crippen LogP contribution in [0.4, 0.5) is 17.3 Å². The molecule has 0 saturated heterocycles. The highest BCUT2D eigenvalue weighted by molar-refractivity contribution is 5.79. The molecule has 0 aliphatic rings. The lowest BCUT2D eigenvalue weighted by Gasteiger charge is -2.10. The van der Waals surface area contributed by atoms with Crippen LogP contribution >= 0.6 is 0 Å². The number of anilines is 2. The third-order valence-corrected chi connectivity index (χ3v) is 2.08. The summed E-state index contributed by atoms with van der Waals surface area (Å²) in [5.41, 5.74) is 4.70. The van der Waals surface area contributed by atoms with Gasteiger partial charge in [-0.25, -0.2) is 4.98 Å². The molecule has 0 bridgehead atoms. The topological polar surface area (TPSA) is 143 Å². The van der Waals surface area contributed by atoms with Crippen LogP contribution in [0.5, 0.6) is 0 Å². The molecular formula is C9H13N5O4. The third-order valence-electron chi connectivity index (χ3n) is 2.08. The number of nitrogens with two attached hydrogens (primary N) is 1. The maximum Gasteiger partial charge on any atom is 0.276 e. The lowest BCUT2D eigenvalue weighted by molar-refractivity contribution is -0.384. The largest absolute Gasteiger partial charge is 0.381 e. The van der Waals surface area contributed by atoms with Gasteiger partial charge < -0.3 is 21.5 Å². The first-order valence-electron chi connectivity index (χ1n) is 4.99. The van der Waals surface area contributed by atoms with E-state index in [-0.39, 0.29) is 18.1 Å². The molecule has 1 aromatic rings. The number of rotatable bonds is 6. The number of hydrogen-bond donors (Lipinski definition) is 4. The Labute approximate surface area is 102 Å². The molecule has 9 nitrogen and oxygen atoms in total. The van der Waals surface area contributed by atoms with Crippen LogP contribution in [0.2, 0.25) is 0 Å². The smallest absolute Gasteiger partial charge is 0.276 e. The van der Waals surface area contributed by atoms with Crippen LogP contribution in [0, 0.1) is 10.1 Å². The highest BCUT2D eigenvalue weighted by Gasteiger charge is 2.13. The Bertz CT molecular complexity index is 464. The predicted octanol–water partition coefficient (Wildman–Crippen LogP) is -0.710. The van der Waals surface area contributed by atoms with E-state index in [2.05, 4.69) is 15.6 Å². The number of aromatic nitrogens is 1. The van der Waals surface area contributed by atoms with E-state index >= 15 is 0 Å². The normalized spacial score (nSPS) is 11.7. The third kappa shape index (κ3) is 3.56. The van der Waals surface area contributed by atoms with Crippen LogP contribution in [0.25, 0.3) is 0 Å². The first-order valence-corrected chi connectivity index (χ1v) is 4.99. The second kappa shape index (κ2) is 5.77. The molecule has 1 unspecified atom stereocenters. The summed E-state index contributed by atoms with van der Waals surface area (Å²) in [6, 6.07) is 2.45. The summed E-state index contributed by atoms with van der Waals surface area (Å²) >= 11 is 0. The molecule has 1 aromatic heterocycles. The molecule has 0 aliphatic carbocycles. The number of carbonyl (C=O) groups is 1. The number of carbonyl (C=O) groups excluding carboxylic acids is 1. The highest BCUT2D eigenvalue weighted by Crippen LogP contribution is 2.20. The van der Waals surface area contributed by atoms with E-state index in [0.29, 0.717) is 5.82 Å². The Morgan fingerprint density at radius 3 is 2.72 bits per heavy atom. The fraction of sp³-hybridized carbons (Fsp3) is 0.333. The molecule has 0 radical (unpaired) electrons. The minimum absolute atomic E-state index is 0.161. The van der Waals surface area contributed by atoms with Crippen LogP contribution in [0.3, 0.4) is 0 Å². The number of nitro groups is 1. The minimum atomic E-state index is -1.39. The van der Waals surface area contributed by atoms with Gasteiger partial charge in [-0.1, -0.05) is 0 Å². The Morgan fingerprint density at radius 1 is 1.61 bits per heavy atom. The van der Waals surface area contributed by atoms with E-state index < -0.39 is 16.9 Å². The Kier molecular flexibility index (Phi) is 4.38. The SMILES string of the molecule is CNc1cc([N+](=O)[O-])cc(NCC(O)C(N)=O)n1. The quantitative estimate of drug-likeness (QED) is 0.388. The van der Waals surface area contributed by atoms with Gasteiger partial charge in [0.05, 0.1) is 23.6 Å². The Morgan fingerprint density at radius 2 is 2.22 bits per heavy atom. The van der Waals surface area contributed by atoms with Gasteiger partial charge in [0.25, 0.3) is 5.69 Å². The average molecular weight is 255 g/mol. The van der Waals surface area contributed by atoms with Gasteiger partial charge in [0.2, 0.25) is 5.91 Å². The summed E-state index contributed by atoms with van der Waals surface area (Å²) in [6.45, 7) is -0.174. The van der Waals surface area contributed by atoms with Gasteiger partial charge in [0.15, 0.2) is 0 Å². The van der Waals surface area contributed by atoms with Crippen molar-refractivity contribution in [3.8, 4) is 0 Å². The van der Waals surface area contributed by atoms with Gasteiger partial charge >= 0.3 is 0 Å². The molecule has 98 valence electrons. The summed E-state index contributed by atoms with van der Waals surface area (Å²) in [6.07, 6.45) is -1.39. The minimum Gasteiger partial charge on any atom is -0.381 e. The molecular weight excluding hydrogens is 242 g/mol. The summed E-state index contributed by atoms with van der Waals surface area (Å²) in [7, 11) is 1.56. The van der Waals surface area contributed by atoms with Crippen LogP contribution in [-0.4, -0.2) is 40.6 Å². The number of hydrogen-bond acceptors (Lipinski definition) is 7. The van der Waals surface area contributed by atoms with Crippen molar-refractivity contribution in [1.82, 2.24) is 4.98 Å². The van der Waals surface area contributed by atoms with Crippen LogP contribution in [0.15, 0.2) is 12.1 Å². The number of aliphatic hydroxyl groups is 1. The standard InChI is InChI=1S/C9H13N5O4/c1-11-7-2-5(14(17)18)3-8(13-7)12-4-6(15)9(10)16/h2-3,6,15H,4H2,1H3,(H2,10,16)(H2,11,12,13). The molecule has 0 spiro atoms. The van der Waals surface area contributed by atoms with E-state index in [0.717, 1.165) is 0 Å². The molecule has 1 amide bonds. The van der Waals surface area contributed by atoms with E-state index in [1.165, 1.54) is 12.1 Å². The van der Waals surface area contributed by atoms with Gasteiger partial charge in [-0.05, 0) is 0 Å². The second-order valence-electron chi connectivity index (χ2n) is 3.40. The fourth-order valence-electron chi connectivity index (χ4n) is 1.14. The van der Waals surface area contributed by atoms with Gasteiger partial charge in [-0.15, -0.1) is 0 Å². The zero-order valence-electron chi connectivity index (χ0n) is 9.58. The van der Waals surface area contributed by atoms with E-state index in [1.54, 1.807) is 7.05 Å². The van der Waals surface area contributed by atoms with Gasteiger partial charge in [0.1, 0.15) is 17.7 Å². The monoisotopic (exact) mass is 255 g/mol. The van der Waals surface area contributed by atoms with Crippen molar-refractivity contribution in [1.29, 1.82) is 0 Å². The summed E-state index contributed by atoms with van der Waals surface area (Å²) in [4.78, 5) is 24.7. The highest BCUT2D eigenvalue weighted by atomic mass is 16.6. The van der Waals surface area contributed by atoms with Crippen LogP contribution in [0.1, 0.15) is 0 Å². The molecule has 0 aliphatic heterocycles. The van der Waals surface area contributed by atoms with Crippen molar-refractivity contribution in [3.05, 3.63) is 22.2 Å². The van der Waals surface area contributed by atoms with Gasteiger partial charge in [0, 0.05) is 7.05 Å². The second-order valence-corrected chi connectivity index (χ2v) is 3.40. The number of primary amides is 1. The van der Waals surface area contributed by atoms with E-state index in [1.807, 2.05) is 0 Å². The molecule has 0 saturated carbocycles.